The fourth-order valence-corrected chi connectivity index (χ4v) is 4.53. The molecule has 0 spiro atoms. The second-order valence-corrected chi connectivity index (χ2v) is 7.66. The molecule has 3 aliphatic rings. The molecule has 27 heavy (non-hydrogen) atoms. The Balaban J connectivity index is 1.24. The van der Waals surface area contributed by atoms with E-state index in [0.29, 0.717) is 25.9 Å². The van der Waals surface area contributed by atoms with Crippen molar-refractivity contribution < 1.29 is 14.4 Å². The lowest BCUT2D eigenvalue weighted by Gasteiger charge is -2.43. The lowest BCUT2D eigenvalue weighted by molar-refractivity contribution is -0.153. The van der Waals surface area contributed by atoms with Gasteiger partial charge in [-0.3, -0.25) is 19.3 Å². The smallest absolute Gasteiger partial charge is 0.242 e. The maximum absolute atomic E-state index is 12.6. The standard InChI is InChI=1S/C21H21N3O3/c25-19(13-22-10-9-14-5-1-4-8-18(14)22)23-11-15(12-23)24-20(26)16-6-2-3-7-17(16)21(24)27/h1-5,8-10,15-17H,6-7,11-13H2/t16-,17-/m1/s1. The molecule has 138 valence electrons. The van der Waals surface area contributed by atoms with Crippen LogP contribution in [0.25, 0.3) is 10.9 Å². The van der Waals surface area contributed by atoms with Gasteiger partial charge in [0.05, 0.1) is 17.9 Å². The van der Waals surface area contributed by atoms with Gasteiger partial charge in [0.25, 0.3) is 0 Å². The van der Waals surface area contributed by atoms with Crippen LogP contribution in [-0.2, 0) is 20.9 Å². The molecule has 3 amide bonds. The second-order valence-electron chi connectivity index (χ2n) is 7.66. The summed E-state index contributed by atoms with van der Waals surface area (Å²) >= 11 is 0. The molecule has 1 aliphatic carbocycles. The summed E-state index contributed by atoms with van der Waals surface area (Å²) < 4.78 is 1.94. The van der Waals surface area contributed by atoms with Gasteiger partial charge in [-0.25, -0.2) is 0 Å². The molecule has 2 aromatic rings. The number of imide groups is 1. The highest BCUT2D eigenvalue weighted by Gasteiger charge is 2.52. The van der Waals surface area contributed by atoms with Gasteiger partial charge in [0.2, 0.25) is 17.7 Å². The van der Waals surface area contributed by atoms with Crippen molar-refractivity contribution in [2.75, 3.05) is 13.1 Å². The summed E-state index contributed by atoms with van der Waals surface area (Å²) in [5, 5.41) is 1.11. The van der Waals surface area contributed by atoms with Crippen LogP contribution in [0.15, 0.2) is 48.7 Å². The number of rotatable bonds is 3. The molecule has 0 N–H and O–H groups in total. The van der Waals surface area contributed by atoms with Crippen LogP contribution < -0.4 is 0 Å². The Morgan fingerprint density at radius 3 is 2.33 bits per heavy atom. The summed E-state index contributed by atoms with van der Waals surface area (Å²) in [4.78, 5) is 41.1. The lowest BCUT2D eigenvalue weighted by atomic mass is 9.85. The van der Waals surface area contributed by atoms with Crippen molar-refractivity contribution in [2.24, 2.45) is 11.8 Å². The molecule has 5 rings (SSSR count). The minimum absolute atomic E-state index is 0.0192. The number of aromatic nitrogens is 1. The molecule has 2 saturated heterocycles. The first-order chi connectivity index (χ1) is 13.1. The van der Waals surface area contributed by atoms with E-state index in [1.54, 1.807) is 4.90 Å². The number of hydrogen-bond acceptors (Lipinski definition) is 3. The van der Waals surface area contributed by atoms with E-state index in [4.69, 9.17) is 0 Å². The maximum atomic E-state index is 12.6. The molecule has 1 aromatic heterocycles. The SMILES string of the molecule is O=C(Cn1ccc2ccccc21)N1CC(N2C(=O)[C@@H]3CC=CC[C@H]3C2=O)C1. The largest absolute Gasteiger partial charge is 0.338 e. The van der Waals surface area contributed by atoms with Crippen molar-refractivity contribution in [2.45, 2.75) is 25.4 Å². The van der Waals surface area contributed by atoms with E-state index in [2.05, 4.69) is 0 Å². The topological polar surface area (TPSA) is 62.6 Å². The van der Waals surface area contributed by atoms with Gasteiger partial charge >= 0.3 is 0 Å². The van der Waals surface area contributed by atoms with Gasteiger partial charge in [-0.05, 0) is 30.4 Å². The molecule has 0 radical (unpaired) electrons. The fourth-order valence-electron chi connectivity index (χ4n) is 4.53. The average molecular weight is 363 g/mol. The summed E-state index contributed by atoms with van der Waals surface area (Å²) in [7, 11) is 0. The number of para-hydroxylation sites is 1. The molecule has 0 bridgehead atoms. The molecule has 3 heterocycles. The van der Waals surface area contributed by atoms with E-state index in [-0.39, 0.29) is 42.1 Å². The van der Waals surface area contributed by atoms with Crippen molar-refractivity contribution in [1.29, 1.82) is 0 Å². The van der Waals surface area contributed by atoms with Crippen LogP contribution in [0.4, 0.5) is 0 Å². The summed E-state index contributed by atoms with van der Waals surface area (Å²) in [5.41, 5.74) is 1.03. The third kappa shape index (κ3) is 2.51. The number of carbonyl (C=O) groups excluding carboxylic acids is 3. The van der Waals surface area contributed by atoms with Crippen LogP contribution in [0.1, 0.15) is 12.8 Å². The Morgan fingerprint density at radius 1 is 0.963 bits per heavy atom. The first-order valence-electron chi connectivity index (χ1n) is 9.47. The number of nitrogens with zero attached hydrogens (tertiary/aromatic N) is 3. The molecule has 0 saturated carbocycles. The van der Waals surface area contributed by atoms with Crippen molar-refractivity contribution in [3.8, 4) is 0 Å². The van der Waals surface area contributed by atoms with E-state index in [9.17, 15) is 14.4 Å². The second kappa shape index (κ2) is 6.08. The first-order valence-corrected chi connectivity index (χ1v) is 9.47. The van der Waals surface area contributed by atoms with Crippen LogP contribution in [-0.4, -0.2) is 51.2 Å². The molecular weight excluding hydrogens is 342 g/mol. The van der Waals surface area contributed by atoms with Gasteiger partial charge in [-0.1, -0.05) is 30.4 Å². The quantitative estimate of drug-likeness (QED) is 0.617. The fraction of sp³-hybridized carbons (Fsp3) is 0.381. The maximum Gasteiger partial charge on any atom is 0.242 e. The Bertz CT molecular complexity index is 944. The number of likely N-dealkylation sites (tertiary alicyclic amines) is 2. The van der Waals surface area contributed by atoms with Gasteiger partial charge in [-0.2, -0.15) is 0 Å². The molecule has 2 aliphatic heterocycles. The molecule has 6 heteroatoms. The molecule has 6 nitrogen and oxygen atoms in total. The van der Waals surface area contributed by atoms with Gasteiger partial charge in [-0.15, -0.1) is 0 Å². The Hall–Kier alpha value is -2.89. The third-order valence-corrected chi connectivity index (χ3v) is 6.11. The number of hydrogen-bond donors (Lipinski definition) is 0. The van der Waals surface area contributed by atoms with E-state index in [1.807, 2.05) is 53.2 Å². The minimum atomic E-state index is -0.196. The predicted molar refractivity (Wildman–Crippen MR) is 99.5 cm³/mol. The molecule has 2 atom stereocenters. The lowest BCUT2D eigenvalue weighted by Crippen LogP contribution is -2.63. The predicted octanol–water partition coefficient (Wildman–Crippen LogP) is 1.80. The number of carbonyl (C=O) groups is 3. The van der Waals surface area contributed by atoms with E-state index in [1.165, 1.54) is 4.90 Å². The molecule has 2 fully saturated rings. The molecule has 0 unspecified atom stereocenters. The average Bonchev–Trinajstić information content (AvgIpc) is 3.16. The third-order valence-electron chi connectivity index (χ3n) is 6.11. The highest BCUT2D eigenvalue weighted by molar-refractivity contribution is 6.06. The van der Waals surface area contributed by atoms with Crippen molar-refractivity contribution in [3.05, 3.63) is 48.7 Å². The summed E-state index contributed by atoms with van der Waals surface area (Å²) in [5.74, 6) is -0.478. The molecular formula is C21H21N3O3. The van der Waals surface area contributed by atoms with E-state index in [0.717, 1.165) is 10.9 Å². The van der Waals surface area contributed by atoms with E-state index >= 15 is 0 Å². The summed E-state index contributed by atoms with van der Waals surface area (Å²) in [6.45, 7) is 1.17. The molecule has 1 aromatic carbocycles. The van der Waals surface area contributed by atoms with Crippen molar-refractivity contribution >= 4 is 28.6 Å². The van der Waals surface area contributed by atoms with Crippen LogP contribution in [0.2, 0.25) is 0 Å². The number of allylic oxidation sites excluding steroid dienone is 2. The zero-order valence-corrected chi connectivity index (χ0v) is 15.0. The first kappa shape index (κ1) is 16.3. The monoisotopic (exact) mass is 363 g/mol. The Labute approximate surface area is 157 Å². The highest BCUT2D eigenvalue weighted by Crippen LogP contribution is 2.37. The zero-order chi connectivity index (χ0) is 18.5. The minimum Gasteiger partial charge on any atom is -0.338 e. The normalized spacial score (nSPS) is 25.2. The van der Waals surface area contributed by atoms with Crippen LogP contribution in [0, 0.1) is 11.8 Å². The van der Waals surface area contributed by atoms with Crippen LogP contribution in [0.5, 0.6) is 0 Å². The number of amides is 3. The van der Waals surface area contributed by atoms with Crippen molar-refractivity contribution in [1.82, 2.24) is 14.4 Å². The highest BCUT2D eigenvalue weighted by atomic mass is 16.2. The van der Waals surface area contributed by atoms with Gasteiger partial charge in [0, 0.05) is 24.8 Å². The summed E-state index contributed by atoms with van der Waals surface area (Å²) in [6.07, 6.45) is 7.22. The van der Waals surface area contributed by atoms with Crippen LogP contribution >= 0.6 is 0 Å². The number of benzene rings is 1. The number of fused-ring (bicyclic) bond motifs is 2. The Kier molecular flexibility index (Phi) is 3.67. The van der Waals surface area contributed by atoms with E-state index < -0.39 is 0 Å². The van der Waals surface area contributed by atoms with Gasteiger partial charge < -0.3 is 9.47 Å². The van der Waals surface area contributed by atoms with Crippen molar-refractivity contribution in [3.63, 3.8) is 0 Å². The van der Waals surface area contributed by atoms with Gasteiger partial charge in [0.1, 0.15) is 6.54 Å². The van der Waals surface area contributed by atoms with Gasteiger partial charge in [0.15, 0.2) is 0 Å². The Morgan fingerprint density at radius 2 is 1.63 bits per heavy atom. The van der Waals surface area contributed by atoms with Crippen LogP contribution in [0.3, 0.4) is 0 Å². The summed E-state index contributed by atoms with van der Waals surface area (Å²) in [6, 6.07) is 9.79. The zero-order valence-electron chi connectivity index (χ0n) is 15.0.